The summed E-state index contributed by atoms with van der Waals surface area (Å²) in [5.41, 5.74) is 1.09. The molecule has 0 aliphatic rings. The topological polar surface area (TPSA) is 56.8 Å². The Balaban J connectivity index is 2.09. The number of rotatable bonds is 6. The van der Waals surface area contributed by atoms with Gasteiger partial charge >= 0.3 is 0 Å². The number of hydrogen-bond acceptors (Lipinski definition) is 4. The highest BCUT2D eigenvalue weighted by molar-refractivity contribution is 5.92. The van der Waals surface area contributed by atoms with Crippen LogP contribution in [0.2, 0.25) is 0 Å². The van der Waals surface area contributed by atoms with Crippen molar-refractivity contribution >= 4 is 11.6 Å². The first-order valence-corrected chi connectivity index (χ1v) is 6.91. The molecule has 0 saturated heterocycles. The molecular formula is C17H18FNO4. The van der Waals surface area contributed by atoms with Crippen molar-refractivity contribution < 1.29 is 23.4 Å². The third-order valence-electron chi connectivity index (χ3n) is 3.22. The Bertz CT molecular complexity index is 681. The molecule has 5 nitrogen and oxygen atoms in total. The van der Waals surface area contributed by atoms with Crippen molar-refractivity contribution in [2.45, 2.75) is 6.42 Å². The van der Waals surface area contributed by atoms with Crippen LogP contribution in [0.5, 0.6) is 17.2 Å². The first-order valence-electron chi connectivity index (χ1n) is 6.91. The maximum absolute atomic E-state index is 13.6. The Labute approximate surface area is 134 Å². The van der Waals surface area contributed by atoms with Crippen molar-refractivity contribution in [3.8, 4) is 17.2 Å². The van der Waals surface area contributed by atoms with Crippen LogP contribution in [0.3, 0.4) is 0 Å². The number of amides is 1. The van der Waals surface area contributed by atoms with Gasteiger partial charge in [0.25, 0.3) is 0 Å². The Morgan fingerprint density at radius 2 is 1.65 bits per heavy atom. The summed E-state index contributed by atoms with van der Waals surface area (Å²) >= 11 is 0. The van der Waals surface area contributed by atoms with Crippen LogP contribution in [-0.4, -0.2) is 27.2 Å². The maximum atomic E-state index is 13.6. The number of carbonyl (C=O) groups excluding carboxylic acids is 1. The first kappa shape index (κ1) is 16.6. The lowest BCUT2D eigenvalue weighted by molar-refractivity contribution is -0.115. The zero-order valence-corrected chi connectivity index (χ0v) is 13.2. The van der Waals surface area contributed by atoms with Gasteiger partial charge in [0.15, 0.2) is 11.6 Å². The molecule has 1 N–H and O–H groups in total. The lowest BCUT2D eigenvalue weighted by Gasteiger charge is -2.10. The average molecular weight is 319 g/mol. The Morgan fingerprint density at radius 1 is 1.00 bits per heavy atom. The van der Waals surface area contributed by atoms with Gasteiger partial charge in [0.2, 0.25) is 5.91 Å². The monoisotopic (exact) mass is 319 g/mol. The number of anilines is 1. The van der Waals surface area contributed by atoms with E-state index >= 15 is 0 Å². The van der Waals surface area contributed by atoms with Gasteiger partial charge in [-0.25, -0.2) is 4.39 Å². The molecular weight excluding hydrogens is 301 g/mol. The minimum Gasteiger partial charge on any atom is -0.497 e. The molecule has 0 unspecified atom stereocenters. The van der Waals surface area contributed by atoms with Crippen molar-refractivity contribution in [3.63, 3.8) is 0 Å². The predicted octanol–water partition coefficient (Wildman–Crippen LogP) is 3.03. The molecule has 0 bridgehead atoms. The molecule has 0 fully saturated rings. The summed E-state index contributed by atoms with van der Waals surface area (Å²) in [7, 11) is 4.45. The van der Waals surface area contributed by atoms with E-state index < -0.39 is 5.82 Å². The van der Waals surface area contributed by atoms with Crippen molar-refractivity contribution in [2.24, 2.45) is 0 Å². The van der Waals surface area contributed by atoms with E-state index in [1.165, 1.54) is 33.5 Å². The maximum Gasteiger partial charge on any atom is 0.228 e. The Kier molecular flexibility index (Phi) is 5.41. The van der Waals surface area contributed by atoms with Gasteiger partial charge in [0.05, 0.1) is 27.8 Å². The number of hydrogen-bond donors (Lipinski definition) is 1. The van der Waals surface area contributed by atoms with Gasteiger partial charge in [-0.2, -0.15) is 0 Å². The Hall–Kier alpha value is -2.76. The van der Waals surface area contributed by atoms with E-state index in [0.717, 1.165) is 0 Å². The smallest absolute Gasteiger partial charge is 0.228 e. The van der Waals surface area contributed by atoms with E-state index in [-0.39, 0.29) is 18.1 Å². The fourth-order valence-electron chi connectivity index (χ4n) is 2.09. The number of methoxy groups -OCH3 is 3. The van der Waals surface area contributed by atoms with Gasteiger partial charge in [0, 0.05) is 23.9 Å². The largest absolute Gasteiger partial charge is 0.497 e. The summed E-state index contributed by atoms with van der Waals surface area (Å²) in [4.78, 5) is 12.1. The molecule has 2 rings (SSSR count). The van der Waals surface area contributed by atoms with Crippen molar-refractivity contribution in [3.05, 3.63) is 47.8 Å². The highest BCUT2D eigenvalue weighted by Gasteiger charge is 2.09. The average Bonchev–Trinajstić information content (AvgIpc) is 2.54. The van der Waals surface area contributed by atoms with Gasteiger partial charge in [-0.3, -0.25) is 4.79 Å². The molecule has 2 aromatic rings. The lowest BCUT2D eigenvalue weighted by Crippen LogP contribution is -2.14. The molecule has 0 radical (unpaired) electrons. The third-order valence-corrected chi connectivity index (χ3v) is 3.22. The second-order valence-corrected chi connectivity index (χ2v) is 4.80. The van der Waals surface area contributed by atoms with E-state index in [4.69, 9.17) is 14.2 Å². The molecule has 2 aromatic carbocycles. The van der Waals surface area contributed by atoms with Crippen LogP contribution in [0.1, 0.15) is 5.56 Å². The van der Waals surface area contributed by atoms with Gasteiger partial charge < -0.3 is 19.5 Å². The number of carbonyl (C=O) groups is 1. The molecule has 0 saturated carbocycles. The molecule has 0 aromatic heterocycles. The van der Waals surface area contributed by atoms with Gasteiger partial charge in [-0.1, -0.05) is 6.07 Å². The standard InChI is InChI=1S/C17H18FNO4/c1-21-13-8-12(9-14(10-13)22-2)19-17(20)7-11-4-5-16(23-3)15(18)6-11/h4-6,8-10H,7H2,1-3H3,(H,19,20). The summed E-state index contributed by atoms with van der Waals surface area (Å²) in [5.74, 6) is 0.502. The molecule has 1 amide bonds. The van der Waals surface area contributed by atoms with E-state index in [9.17, 15) is 9.18 Å². The minimum absolute atomic E-state index is 0.0421. The third kappa shape index (κ3) is 4.35. The van der Waals surface area contributed by atoms with Crippen molar-refractivity contribution in [1.82, 2.24) is 0 Å². The number of nitrogens with one attached hydrogen (secondary N) is 1. The van der Waals surface area contributed by atoms with Crippen molar-refractivity contribution in [2.75, 3.05) is 26.6 Å². The molecule has 23 heavy (non-hydrogen) atoms. The van der Waals surface area contributed by atoms with E-state index in [2.05, 4.69) is 5.32 Å². The lowest BCUT2D eigenvalue weighted by atomic mass is 10.1. The van der Waals surface area contributed by atoms with Crippen LogP contribution in [0.15, 0.2) is 36.4 Å². The van der Waals surface area contributed by atoms with Gasteiger partial charge in [0.1, 0.15) is 11.5 Å². The SMILES string of the molecule is COc1cc(NC(=O)Cc2ccc(OC)c(F)c2)cc(OC)c1. The van der Waals surface area contributed by atoms with Crippen molar-refractivity contribution in [1.29, 1.82) is 0 Å². The van der Waals surface area contributed by atoms with E-state index in [1.54, 1.807) is 24.3 Å². The molecule has 0 heterocycles. The summed E-state index contributed by atoms with van der Waals surface area (Å²) in [6, 6.07) is 9.48. The zero-order chi connectivity index (χ0) is 16.8. The molecule has 0 aliphatic heterocycles. The molecule has 0 aliphatic carbocycles. The van der Waals surface area contributed by atoms with Crippen LogP contribution < -0.4 is 19.5 Å². The second-order valence-electron chi connectivity index (χ2n) is 4.80. The highest BCUT2D eigenvalue weighted by atomic mass is 19.1. The Morgan fingerprint density at radius 3 is 2.17 bits per heavy atom. The quantitative estimate of drug-likeness (QED) is 0.889. The summed E-state index contributed by atoms with van der Waals surface area (Å²) in [5, 5.41) is 2.74. The van der Waals surface area contributed by atoms with Crippen LogP contribution >= 0.6 is 0 Å². The predicted molar refractivity (Wildman–Crippen MR) is 84.8 cm³/mol. The zero-order valence-electron chi connectivity index (χ0n) is 13.2. The number of benzene rings is 2. The normalized spacial score (nSPS) is 10.1. The fraction of sp³-hybridized carbons (Fsp3) is 0.235. The molecule has 6 heteroatoms. The second kappa shape index (κ2) is 7.49. The highest BCUT2D eigenvalue weighted by Crippen LogP contribution is 2.26. The van der Waals surface area contributed by atoms with Crippen LogP contribution in [0.25, 0.3) is 0 Å². The minimum atomic E-state index is -0.499. The van der Waals surface area contributed by atoms with Crippen LogP contribution in [0.4, 0.5) is 10.1 Å². The molecule has 0 atom stereocenters. The first-order chi connectivity index (χ1) is 11.0. The summed E-state index contributed by atoms with van der Waals surface area (Å²) in [6.45, 7) is 0. The fourth-order valence-corrected chi connectivity index (χ4v) is 2.09. The van der Waals surface area contributed by atoms with Crippen LogP contribution in [0, 0.1) is 5.82 Å². The number of ether oxygens (including phenoxy) is 3. The number of halogens is 1. The molecule has 0 spiro atoms. The van der Waals surface area contributed by atoms with Gasteiger partial charge in [-0.15, -0.1) is 0 Å². The summed E-state index contributed by atoms with van der Waals surface area (Å²) < 4.78 is 28.8. The summed E-state index contributed by atoms with van der Waals surface area (Å²) in [6.07, 6.45) is 0.0421. The van der Waals surface area contributed by atoms with Crippen LogP contribution in [-0.2, 0) is 11.2 Å². The van der Waals surface area contributed by atoms with E-state index in [0.29, 0.717) is 22.7 Å². The van der Waals surface area contributed by atoms with Gasteiger partial charge in [-0.05, 0) is 17.7 Å². The molecule has 122 valence electrons. The van der Waals surface area contributed by atoms with E-state index in [1.807, 2.05) is 0 Å².